The molecule has 2 N–H and O–H groups in total. The summed E-state index contributed by atoms with van der Waals surface area (Å²) in [5.74, 6) is -0.0251. The third kappa shape index (κ3) is 4.53. The van der Waals surface area contributed by atoms with Crippen LogP contribution in [0, 0.1) is 0 Å². The summed E-state index contributed by atoms with van der Waals surface area (Å²) in [6.07, 6.45) is -4.53. The number of halogens is 3. The van der Waals surface area contributed by atoms with Gasteiger partial charge in [0.1, 0.15) is 0 Å². The normalized spacial score (nSPS) is 11.8. The zero-order valence-corrected chi connectivity index (χ0v) is 14.4. The number of para-hydroxylation sites is 1. The van der Waals surface area contributed by atoms with Crippen LogP contribution in [0.2, 0.25) is 0 Å². The van der Waals surface area contributed by atoms with Crippen molar-refractivity contribution in [2.45, 2.75) is 11.1 Å². The molecule has 0 radical (unpaired) electrons. The summed E-state index contributed by atoms with van der Waals surface area (Å²) >= 11 is 0. The van der Waals surface area contributed by atoms with Crippen LogP contribution in [0.1, 0.15) is 5.56 Å². The Bertz CT molecular complexity index is 1020. The average Bonchev–Trinajstić information content (AvgIpc) is 2.63. The second-order valence-electron chi connectivity index (χ2n) is 5.39. The lowest BCUT2D eigenvalue weighted by molar-refractivity contribution is -0.136. The van der Waals surface area contributed by atoms with Crippen molar-refractivity contribution in [3.8, 4) is 0 Å². The first-order chi connectivity index (χ1) is 12.8. The van der Waals surface area contributed by atoms with Crippen molar-refractivity contribution >= 4 is 27.3 Å². The van der Waals surface area contributed by atoms with Crippen molar-refractivity contribution in [1.29, 1.82) is 0 Å². The number of nitrogens with one attached hydrogen (secondary N) is 2. The maximum Gasteiger partial charge on any atom is 0.418 e. The lowest BCUT2D eigenvalue weighted by Gasteiger charge is -2.13. The second-order valence-corrected chi connectivity index (χ2v) is 7.07. The lowest BCUT2D eigenvalue weighted by Crippen LogP contribution is -2.14. The van der Waals surface area contributed by atoms with Crippen LogP contribution in [0.15, 0.2) is 71.6 Å². The number of rotatable bonds is 5. The van der Waals surface area contributed by atoms with Crippen LogP contribution in [0.5, 0.6) is 0 Å². The minimum absolute atomic E-state index is 0.0364. The average molecular weight is 394 g/mol. The summed E-state index contributed by atoms with van der Waals surface area (Å²) in [7, 11) is -3.83. The standard InChI is InChI=1S/C17H13F3N4O2S/c18-17(19,20)13-8-4-5-9-14(13)21-15-10-11-16(23-22-15)24-27(25,26)12-6-2-1-3-7-12/h1-11H,(H,21,22)(H,23,24). The van der Waals surface area contributed by atoms with Crippen LogP contribution in [0.3, 0.4) is 0 Å². The maximum absolute atomic E-state index is 13.0. The number of anilines is 3. The predicted molar refractivity (Wildman–Crippen MR) is 94.0 cm³/mol. The third-order valence-electron chi connectivity index (χ3n) is 3.45. The molecule has 0 bridgehead atoms. The molecule has 0 spiro atoms. The van der Waals surface area contributed by atoms with Gasteiger partial charge in [0.05, 0.1) is 16.1 Å². The minimum Gasteiger partial charge on any atom is -0.338 e. The molecule has 6 nitrogen and oxygen atoms in total. The van der Waals surface area contributed by atoms with Gasteiger partial charge in [-0.25, -0.2) is 8.42 Å². The minimum atomic E-state index is -4.53. The van der Waals surface area contributed by atoms with E-state index in [9.17, 15) is 21.6 Å². The van der Waals surface area contributed by atoms with E-state index in [1.807, 2.05) is 0 Å². The Morgan fingerprint density at radius 2 is 1.37 bits per heavy atom. The van der Waals surface area contributed by atoms with E-state index in [0.717, 1.165) is 6.07 Å². The van der Waals surface area contributed by atoms with Crippen molar-refractivity contribution < 1.29 is 21.6 Å². The van der Waals surface area contributed by atoms with Gasteiger partial charge in [0.2, 0.25) is 0 Å². The first-order valence-electron chi connectivity index (χ1n) is 7.60. The quantitative estimate of drug-likeness (QED) is 0.682. The van der Waals surface area contributed by atoms with Crippen molar-refractivity contribution in [2.24, 2.45) is 0 Å². The molecule has 1 aromatic heterocycles. The highest BCUT2D eigenvalue weighted by atomic mass is 32.2. The van der Waals surface area contributed by atoms with E-state index in [-0.39, 0.29) is 22.2 Å². The van der Waals surface area contributed by atoms with Gasteiger partial charge in [-0.1, -0.05) is 30.3 Å². The third-order valence-corrected chi connectivity index (χ3v) is 4.82. The smallest absolute Gasteiger partial charge is 0.338 e. The highest BCUT2D eigenvalue weighted by Crippen LogP contribution is 2.35. The molecule has 140 valence electrons. The Kier molecular flexibility index (Phi) is 5.00. The highest BCUT2D eigenvalue weighted by Gasteiger charge is 2.33. The van der Waals surface area contributed by atoms with Gasteiger partial charge in [-0.15, -0.1) is 10.2 Å². The molecule has 1 heterocycles. The molecular formula is C17H13F3N4O2S. The first-order valence-corrected chi connectivity index (χ1v) is 9.09. The fourth-order valence-electron chi connectivity index (χ4n) is 2.23. The van der Waals surface area contributed by atoms with Gasteiger partial charge in [-0.05, 0) is 36.4 Å². The first kappa shape index (κ1) is 18.6. The fraction of sp³-hybridized carbons (Fsp3) is 0.0588. The number of alkyl halides is 3. The Labute approximate surface area is 153 Å². The van der Waals surface area contributed by atoms with Crippen molar-refractivity contribution in [3.63, 3.8) is 0 Å². The Balaban J connectivity index is 1.77. The van der Waals surface area contributed by atoms with Gasteiger partial charge in [0.15, 0.2) is 11.6 Å². The van der Waals surface area contributed by atoms with Crippen LogP contribution in [0.4, 0.5) is 30.5 Å². The van der Waals surface area contributed by atoms with Crippen LogP contribution in [0.25, 0.3) is 0 Å². The van der Waals surface area contributed by atoms with Gasteiger partial charge in [-0.3, -0.25) is 4.72 Å². The molecule has 0 atom stereocenters. The SMILES string of the molecule is O=S(=O)(Nc1ccc(Nc2ccccc2C(F)(F)F)nn1)c1ccccc1. The van der Waals surface area contributed by atoms with Crippen molar-refractivity contribution in [2.75, 3.05) is 10.0 Å². The summed E-state index contributed by atoms with van der Waals surface area (Å²) in [5.41, 5.74) is -1.03. The molecule has 2 aromatic carbocycles. The topological polar surface area (TPSA) is 84.0 Å². The van der Waals surface area contributed by atoms with Crippen molar-refractivity contribution in [3.05, 3.63) is 72.3 Å². The summed E-state index contributed by atoms with van der Waals surface area (Å²) in [6, 6.07) is 15.2. The van der Waals surface area contributed by atoms with Gasteiger partial charge in [-0.2, -0.15) is 13.2 Å². The zero-order chi connectivity index (χ0) is 19.5. The highest BCUT2D eigenvalue weighted by molar-refractivity contribution is 7.92. The van der Waals surface area contributed by atoms with Gasteiger partial charge < -0.3 is 5.32 Å². The molecule has 0 unspecified atom stereocenters. The summed E-state index contributed by atoms with van der Waals surface area (Å²) in [6.45, 7) is 0. The molecule has 0 saturated heterocycles. The predicted octanol–water partition coefficient (Wildman–Crippen LogP) is 4.04. The maximum atomic E-state index is 13.0. The van der Waals surface area contributed by atoms with Gasteiger partial charge in [0.25, 0.3) is 10.0 Å². The van der Waals surface area contributed by atoms with Gasteiger partial charge in [0, 0.05) is 0 Å². The zero-order valence-electron chi connectivity index (χ0n) is 13.6. The van der Waals surface area contributed by atoms with Crippen LogP contribution in [-0.4, -0.2) is 18.6 Å². The van der Waals surface area contributed by atoms with Crippen LogP contribution in [-0.2, 0) is 16.2 Å². The van der Waals surface area contributed by atoms with Crippen LogP contribution < -0.4 is 10.0 Å². The number of sulfonamides is 1. The Morgan fingerprint density at radius 3 is 2.00 bits per heavy atom. The number of aromatic nitrogens is 2. The molecule has 0 amide bonds. The van der Waals surface area contributed by atoms with E-state index >= 15 is 0 Å². The molecule has 0 fully saturated rings. The number of nitrogens with zero attached hydrogens (tertiary/aromatic N) is 2. The van der Waals surface area contributed by atoms with Crippen LogP contribution >= 0.6 is 0 Å². The van der Waals surface area contributed by atoms with E-state index in [1.54, 1.807) is 18.2 Å². The molecule has 0 saturated carbocycles. The molecule has 0 aliphatic rings. The molecule has 3 aromatic rings. The van der Waals surface area contributed by atoms with E-state index in [4.69, 9.17) is 0 Å². The number of benzene rings is 2. The Hall–Kier alpha value is -3.14. The Morgan fingerprint density at radius 1 is 0.778 bits per heavy atom. The summed E-state index contributed by atoms with van der Waals surface area (Å²) in [4.78, 5) is 0.0492. The largest absolute Gasteiger partial charge is 0.418 e. The molecule has 10 heteroatoms. The molecule has 0 aliphatic heterocycles. The van der Waals surface area contributed by atoms with E-state index < -0.39 is 21.8 Å². The number of hydrogen-bond acceptors (Lipinski definition) is 5. The summed E-state index contributed by atoms with van der Waals surface area (Å²) in [5, 5.41) is 9.94. The fourth-order valence-corrected chi connectivity index (χ4v) is 3.24. The second kappa shape index (κ2) is 7.23. The molecule has 0 aliphatic carbocycles. The van der Waals surface area contributed by atoms with Crippen molar-refractivity contribution in [1.82, 2.24) is 10.2 Å². The summed E-state index contributed by atoms with van der Waals surface area (Å²) < 4.78 is 65.7. The van der Waals surface area contributed by atoms with Gasteiger partial charge >= 0.3 is 6.18 Å². The van der Waals surface area contributed by atoms with E-state index in [2.05, 4.69) is 20.2 Å². The monoisotopic (exact) mass is 394 g/mol. The molecule has 3 rings (SSSR count). The van der Waals surface area contributed by atoms with E-state index in [1.165, 1.54) is 42.5 Å². The molecular weight excluding hydrogens is 381 g/mol. The molecule has 27 heavy (non-hydrogen) atoms. The van der Waals surface area contributed by atoms with E-state index in [0.29, 0.717) is 0 Å². The number of hydrogen-bond donors (Lipinski definition) is 2. The lowest BCUT2D eigenvalue weighted by atomic mass is 10.1.